The van der Waals surface area contributed by atoms with Crippen LogP contribution in [0.1, 0.15) is 36.2 Å². The summed E-state index contributed by atoms with van der Waals surface area (Å²) in [4.78, 5) is 61.9. The molecule has 1 unspecified atom stereocenters. The van der Waals surface area contributed by atoms with Gasteiger partial charge in [0, 0.05) is 12.1 Å². The molecule has 0 aliphatic carbocycles. The molecule has 5 aliphatic heterocycles. The number of amides is 4. The van der Waals surface area contributed by atoms with Crippen molar-refractivity contribution in [2.45, 2.75) is 55.3 Å². The third kappa shape index (κ3) is 4.13. The summed E-state index contributed by atoms with van der Waals surface area (Å²) >= 11 is 0. The largest absolute Gasteiger partial charge is 0.492 e. The average molecular weight is 600 g/mol. The smallest absolute Gasteiger partial charge is 0.327 e. The summed E-state index contributed by atoms with van der Waals surface area (Å²) < 4.78 is 5.87. The van der Waals surface area contributed by atoms with Gasteiger partial charge in [0.25, 0.3) is 5.91 Å². The number of nitrogens with one attached hydrogen (secondary N) is 2. The maximum absolute atomic E-state index is 13.6. The molecule has 6 rings (SSSR count). The monoisotopic (exact) mass is 599 g/mol. The molecule has 1 aromatic rings. The highest BCUT2D eigenvalue weighted by molar-refractivity contribution is 6.03. The predicted molar refractivity (Wildman–Crippen MR) is 148 cm³/mol. The topological polar surface area (TPSA) is 249 Å². The van der Waals surface area contributed by atoms with E-state index in [1.54, 1.807) is 12.1 Å². The number of para-hydroxylation sites is 1. The molecular weight excluding hydrogens is 566 g/mol. The van der Waals surface area contributed by atoms with Gasteiger partial charge in [0.15, 0.2) is 17.6 Å². The van der Waals surface area contributed by atoms with Crippen molar-refractivity contribution in [2.75, 3.05) is 32.8 Å². The van der Waals surface area contributed by atoms with Crippen LogP contribution < -0.4 is 26.8 Å². The first-order valence-corrected chi connectivity index (χ1v) is 13.7. The maximum atomic E-state index is 13.6. The highest BCUT2D eigenvalue weighted by Crippen LogP contribution is 2.45. The summed E-state index contributed by atoms with van der Waals surface area (Å²) in [6.07, 6.45) is 0.766. The molecule has 17 heteroatoms. The van der Waals surface area contributed by atoms with Crippen molar-refractivity contribution in [3.8, 4) is 5.75 Å². The molecule has 2 saturated heterocycles. The molecule has 2 fully saturated rings. The van der Waals surface area contributed by atoms with Crippen molar-refractivity contribution in [3.63, 3.8) is 0 Å². The zero-order chi connectivity index (χ0) is 31.1. The summed E-state index contributed by atoms with van der Waals surface area (Å²) in [5, 5.41) is 38.0. The van der Waals surface area contributed by atoms with Crippen molar-refractivity contribution in [2.24, 2.45) is 21.5 Å². The number of rotatable bonds is 6. The lowest BCUT2D eigenvalue weighted by atomic mass is 9.79. The SMILES string of the molecule is CC1(C)CCOc2c(C(=O)NC3CN4C(N)=N[C@@H](CN5C(=O)CN(CC(=O)O)C5=O)[C@@H]5N=C(N)N[C@@]54C3(O)O)cccc21. The number of ether oxygens (including phenoxy) is 1. The van der Waals surface area contributed by atoms with E-state index in [0.29, 0.717) is 12.4 Å². The Bertz CT molecular complexity index is 1490. The molecule has 17 nitrogen and oxygen atoms in total. The van der Waals surface area contributed by atoms with E-state index in [2.05, 4.69) is 34.5 Å². The molecule has 43 heavy (non-hydrogen) atoms. The Kier molecular flexibility index (Phi) is 6.25. The molecule has 1 spiro atoms. The number of carboxylic acid groups (broad SMARTS) is 1. The van der Waals surface area contributed by atoms with E-state index < -0.39 is 66.5 Å². The van der Waals surface area contributed by atoms with Crippen molar-refractivity contribution >= 4 is 35.7 Å². The molecule has 0 bridgehead atoms. The van der Waals surface area contributed by atoms with Gasteiger partial charge in [0.2, 0.25) is 11.7 Å². The fourth-order valence-corrected chi connectivity index (χ4v) is 6.67. The lowest BCUT2D eigenvalue weighted by molar-refractivity contribution is -0.230. The number of carbonyl (C=O) groups is 4. The molecular formula is C26H33N9O8. The number of aliphatic imine (C=N–C) groups is 2. The van der Waals surface area contributed by atoms with Crippen molar-refractivity contribution < 1.29 is 39.2 Å². The van der Waals surface area contributed by atoms with Crippen LogP contribution in [0.4, 0.5) is 4.79 Å². The standard InChI is InChI=1S/C26H33N9O8/c1-24(2)6-7-43-18-12(4-3-5-13(18)24)20(39)30-15-9-35-22(28)29-14(19-25(35,26(15,41)42)32-21(27)31-19)8-34-16(36)10-33(23(34)40)11-17(37)38/h3-5,14-15,19,41-42H,6-11H2,1-2H3,(H2,28,29)(H,30,39)(H,37,38)(H3,27,31,32)/t14-,15?,19-,25-/m0/s1. The first-order chi connectivity index (χ1) is 20.2. The Morgan fingerprint density at radius 1 is 1.21 bits per heavy atom. The minimum atomic E-state index is -2.75. The van der Waals surface area contributed by atoms with Gasteiger partial charge in [-0.15, -0.1) is 0 Å². The van der Waals surface area contributed by atoms with Crippen LogP contribution in [0.25, 0.3) is 0 Å². The molecule has 0 aromatic heterocycles. The van der Waals surface area contributed by atoms with Gasteiger partial charge in [-0.1, -0.05) is 26.0 Å². The van der Waals surface area contributed by atoms with Crippen molar-refractivity contribution in [3.05, 3.63) is 29.3 Å². The first kappa shape index (κ1) is 28.5. The molecule has 4 amide bonds. The van der Waals surface area contributed by atoms with Crippen LogP contribution in [0.15, 0.2) is 28.2 Å². The second kappa shape index (κ2) is 9.43. The van der Waals surface area contributed by atoms with E-state index in [9.17, 15) is 29.4 Å². The van der Waals surface area contributed by atoms with Gasteiger partial charge in [-0.25, -0.2) is 14.8 Å². The number of nitrogens with two attached hydrogens (primary N) is 2. The quantitative estimate of drug-likeness (QED) is 0.127. The normalized spacial score (nSPS) is 30.0. The van der Waals surface area contributed by atoms with E-state index in [1.807, 2.05) is 6.07 Å². The Balaban J connectivity index is 1.29. The maximum Gasteiger partial charge on any atom is 0.327 e. The number of imide groups is 1. The fraction of sp³-hybridized carbons (Fsp3) is 0.538. The fourth-order valence-electron chi connectivity index (χ4n) is 6.67. The molecule has 5 heterocycles. The van der Waals surface area contributed by atoms with Crippen LogP contribution >= 0.6 is 0 Å². The van der Waals surface area contributed by atoms with Gasteiger partial charge < -0.3 is 52.0 Å². The number of benzene rings is 1. The second-order valence-electron chi connectivity index (χ2n) is 12.0. The Hall–Kier alpha value is -4.64. The number of aliphatic carboxylic acids is 1. The van der Waals surface area contributed by atoms with E-state index in [-0.39, 0.29) is 36.0 Å². The summed E-state index contributed by atoms with van der Waals surface area (Å²) in [6, 6.07) is 0.775. The number of hydrogen-bond acceptors (Lipinski definition) is 13. The number of nitrogens with zero attached hydrogens (tertiary/aromatic N) is 5. The molecule has 4 atom stereocenters. The Morgan fingerprint density at radius 2 is 1.95 bits per heavy atom. The Labute approximate surface area is 245 Å². The van der Waals surface area contributed by atoms with Gasteiger partial charge in [-0.2, -0.15) is 0 Å². The number of carbonyl (C=O) groups excluding carboxylic acids is 3. The number of hydrogen-bond donors (Lipinski definition) is 7. The van der Waals surface area contributed by atoms with Crippen LogP contribution in [0.2, 0.25) is 0 Å². The lowest BCUT2D eigenvalue weighted by Crippen LogP contribution is -2.78. The number of fused-ring (bicyclic) bond motifs is 1. The van der Waals surface area contributed by atoms with Gasteiger partial charge >= 0.3 is 12.0 Å². The zero-order valence-electron chi connectivity index (χ0n) is 23.5. The van der Waals surface area contributed by atoms with Crippen molar-refractivity contribution in [1.29, 1.82) is 0 Å². The molecule has 9 N–H and O–H groups in total. The average Bonchev–Trinajstić information content (AvgIpc) is 3.49. The number of guanidine groups is 2. The number of aliphatic hydroxyl groups is 2. The summed E-state index contributed by atoms with van der Waals surface area (Å²) in [5.41, 5.74) is 11.3. The third-order valence-corrected chi connectivity index (χ3v) is 8.89. The highest BCUT2D eigenvalue weighted by atomic mass is 16.5. The van der Waals surface area contributed by atoms with Crippen LogP contribution in [0.5, 0.6) is 5.75 Å². The summed E-state index contributed by atoms with van der Waals surface area (Å²) in [5.74, 6) is -5.23. The predicted octanol–water partition coefficient (Wildman–Crippen LogP) is -3.13. The van der Waals surface area contributed by atoms with E-state index in [0.717, 1.165) is 21.8 Å². The molecule has 5 aliphatic rings. The van der Waals surface area contributed by atoms with Crippen LogP contribution in [-0.2, 0) is 15.0 Å². The molecule has 230 valence electrons. The molecule has 0 radical (unpaired) electrons. The summed E-state index contributed by atoms with van der Waals surface area (Å²) in [7, 11) is 0. The lowest BCUT2D eigenvalue weighted by Gasteiger charge is -2.49. The van der Waals surface area contributed by atoms with Crippen LogP contribution in [0.3, 0.4) is 0 Å². The minimum absolute atomic E-state index is 0.175. The molecule has 0 saturated carbocycles. The first-order valence-electron chi connectivity index (χ1n) is 13.7. The highest BCUT2D eigenvalue weighted by Gasteiger charge is 2.73. The minimum Gasteiger partial charge on any atom is -0.492 e. The van der Waals surface area contributed by atoms with E-state index >= 15 is 0 Å². The van der Waals surface area contributed by atoms with Crippen LogP contribution in [-0.4, -0.2) is 128 Å². The number of urea groups is 1. The van der Waals surface area contributed by atoms with Gasteiger partial charge in [-0.3, -0.25) is 19.3 Å². The van der Waals surface area contributed by atoms with Gasteiger partial charge in [-0.05, 0) is 17.9 Å². The van der Waals surface area contributed by atoms with E-state index in [1.165, 1.54) is 4.90 Å². The second-order valence-corrected chi connectivity index (χ2v) is 12.0. The number of carboxylic acids is 1. The van der Waals surface area contributed by atoms with Crippen molar-refractivity contribution in [1.82, 2.24) is 25.3 Å². The van der Waals surface area contributed by atoms with Gasteiger partial charge in [0.05, 0.1) is 24.8 Å². The third-order valence-electron chi connectivity index (χ3n) is 8.89. The van der Waals surface area contributed by atoms with Crippen LogP contribution in [0, 0.1) is 0 Å². The zero-order valence-corrected chi connectivity index (χ0v) is 23.5. The summed E-state index contributed by atoms with van der Waals surface area (Å²) in [6.45, 7) is 2.82. The van der Waals surface area contributed by atoms with Gasteiger partial charge in [0.1, 0.15) is 30.9 Å². The Morgan fingerprint density at radius 3 is 2.67 bits per heavy atom. The van der Waals surface area contributed by atoms with E-state index in [4.69, 9.17) is 21.3 Å². The molecule has 1 aromatic carbocycles.